The van der Waals surface area contributed by atoms with Crippen molar-refractivity contribution >= 4 is 0 Å². The van der Waals surface area contributed by atoms with E-state index >= 15 is 0 Å². The molecule has 5 heteroatoms. The average molecular weight is 230 g/mol. The van der Waals surface area contributed by atoms with Gasteiger partial charge in [-0.15, -0.1) is 0 Å². The van der Waals surface area contributed by atoms with E-state index in [0.717, 1.165) is 13.0 Å². The van der Waals surface area contributed by atoms with E-state index < -0.39 is 0 Å². The molecule has 0 spiro atoms. The minimum atomic E-state index is 0.306. The van der Waals surface area contributed by atoms with Gasteiger partial charge in [0.1, 0.15) is 19.3 Å². The topological polar surface area (TPSA) is 43.2 Å². The summed E-state index contributed by atoms with van der Waals surface area (Å²) in [5.41, 5.74) is 1.28. The fourth-order valence-corrected chi connectivity index (χ4v) is 2.11. The summed E-state index contributed by atoms with van der Waals surface area (Å²) in [5, 5.41) is 6.05. The number of hydrogen-bond donors (Lipinski definition) is 0. The highest BCUT2D eigenvalue weighted by Gasteiger charge is 2.27. The van der Waals surface area contributed by atoms with Gasteiger partial charge in [-0.05, 0) is 12.0 Å². The molecular formula is C12H14N4O. The van der Waals surface area contributed by atoms with Crippen molar-refractivity contribution in [1.29, 1.82) is 0 Å². The van der Waals surface area contributed by atoms with E-state index in [1.807, 2.05) is 11.1 Å². The van der Waals surface area contributed by atoms with E-state index in [0.29, 0.717) is 12.7 Å². The second-order valence-electron chi connectivity index (χ2n) is 4.04. The minimum absolute atomic E-state index is 0.306. The first kappa shape index (κ1) is 10.4. The molecule has 1 unspecified atom stereocenters. The van der Waals surface area contributed by atoms with Crippen molar-refractivity contribution in [2.75, 3.05) is 6.61 Å². The van der Waals surface area contributed by atoms with Crippen LogP contribution in [0, 0.1) is 0 Å². The smallest absolute Gasteiger partial charge is 0.137 e. The van der Waals surface area contributed by atoms with Crippen molar-refractivity contribution in [3.05, 3.63) is 48.5 Å². The Morgan fingerprint density at radius 1 is 1.29 bits per heavy atom. The summed E-state index contributed by atoms with van der Waals surface area (Å²) in [7, 11) is 0. The zero-order valence-corrected chi connectivity index (χ0v) is 9.44. The lowest BCUT2D eigenvalue weighted by Crippen LogP contribution is -2.25. The van der Waals surface area contributed by atoms with Crippen molar-refractivity contribution in [3.8, 4) is 0 Å². The van der Waals surface area contributed by atoms with Crippen molar-refractivity contribution in [3.63, 3.8) is 0 Å². The van der Waals surface area contributed by atoms with Crippen molar-refractivity contribution < 1.29 is 4.84 Å². The largest absolute Gasteiger partial charge is 0.297 e. The lowest BCUT2D eigenvalue weighted by molar-refractivity contribution is -0.157. The first-order valence-electron chi connectivity index (χ1n) is 5.70. The molecule has 1 saturated heterocycles. The molecule has 1 aliphatic heterocycles. The van der Waals surface area contributed by atoms with E-state index in [-0.39, 0.29) is 0 Å². The van der Waals surface area contributed by atoms with Crippen LogP contribution >= 0.6 is 0 Å². The van der Waals surface area contributed by atoms with Crippen LogP contribution in [0.4, 0.5) is 0 Å². The first-order chi connectivity index (χ1) is 8.43. The predicted octanol–water partition coefficient (Wildman–Crippen LogP) is 1.61. The fraction of sp³-hybridized carbons (Fsp3) is 0.333. The molecule has 0 aliphatic carbocycles. The van der Waals surface area contributed by atoms with Crippen molar-refractivity contribution in [1.82, 2.24) is 19.8 Å². The first-order valence-corrected chi connectivity index (χ1v) is 5.70. The Kier molecular flexibility index (Phi) is 2.85. The molecule has 17 heavy (non-hydrogen) atoms. The Labute approximate surface area is 99.6 Å². The third-order valence-corrected chi connectivity index (χ3v) is 2.93. The summed E-state index contributed by atoms with van der Waals surface area (Å²) in [5.74, 6) is 0. The molecule has 5 nitrogen and oxygen atoms in total. The molecule has 0 amide bonds. The molecule has 3 rings (SSSR count). The zero-order valence-electron chi connectivity index (χ0n) is 9.44. The molecule has 0 N–H and O–H groups in total. The normalized spacial score (nSPS) is 20.8. The number of aromatic nitrogens is 3. The fourth-order valence-electron chi connectivity index (χ4n) is 2.11. The van der Waals surface area contributed by atoms with Crippen molar-refractivity contribution in [2.45, 2.75) is 19.1 Å². The summed E-state index contributed by atoms with van der Waals surface area (Å²) in [4.78, 5) is 9.57. The molecule has 1 fully saturated rings. The van der Waals surface area contributed by atoms with Crippen LogP contribution in [0.5, 0.6) is 0 Å². The standard InChI is InChI=1S/C12H14N4O/c1-2-4-11(5-3-1)12-6-7-17-16(12)10-15-9-13-8-14-15/h1-5,8-9,12H,6-7,10H2. The summed E-state index contributed by atoms with van der Waals surface area (Å²) in [6, 6.07) is 10.7. The van der Waals surface area contributed by atoms with Gasteiger partial charge in [0.15, 0.2) is 0 Å². The van der Waals surface area contributed by atoms with Crippen LogP contribution < -0.4 is 0 Å². The van der Waals surface area contributed by atoms with Crippen LogP contribution in [-0.2, 0) is 11.5 Å². The Morgan fingerprint density at radius 2 is 2.18 bits per heavy atom. The molecule has 0 bridgehead atoms. The maximum Gasteiger partial charge on any atom is 0.137 e. The van der Waals surface area contributed by atoms with Gasteiger partial charge in [0.2, 0.25) is 0 Å². The Balaban J connectivity index is 1.76. The highest BCUT2D eigenvalue weighted by molar-refractivity contribution is 5.19. The van der Waals surface area contributed by atoms with Crippen molar-refractivity contribution in [2.24, 2.45) is 0 Å². The maximum absolute atomic E-state index is 5.64. The van der Waals surface area contributed by atoms with Gasteiger partial charge in [0, 0.05) is 0 Å². The van der Waals surface area contributed by atoms with Crippen LogP contribution in [-0.4, -0.2) is 26.4 Å². The van der Waals surface area contributed by atoms with E-state index in [4.69, 9.17) is 4.84 Å². The molecule has 0 saturated carbocycles. The van der Waals surface area contributed by atoms with Crippen LogP contribution in [0.15, 0.2) is 43.0 Å². The second-order valence-corrected chi connectivity index (χ2v) is 4.04. The summed E-state index contributed by atoms with van der Waals surface area (Å²) in [6.45, 7) is 1.37. The van der Waals surface area contributed by atoms with Crippen LogP contribution in [0.25, 0.3) is 0 Å². The van der Waals surface area contributed by atoms with Gasteiger partial charge in [-0.2, -0.15) is 10.2 Å². The molecule has 1 atom stereocenters. The Bertz CT molecular complexity index is 457. The quantitative estimate of drug-likeness (QED) is 0.803. The van der Waals surface area contributed by atoms with Crippen LogP contribution in [0.3, 0.4) is 0 Å². The number of nitrogens with zero attached hydrogens (tertiary/aromatic N) is 4. The molecule has 1 aliphatic rings. The number of hydroxylamine groups is 2. The third kappa shape index (κ3) is 2.20. The Hall–Kier alpha value is -1.72. The zero-order chi connectivity index (χ0) is 11.5. The van der Waals surface area contributed by atoms with Gasteiger partial charge in [-0.25, -0.2) is 9.67 Å². The molecule has 88 valence electrons. The molecular weight excluding hydrogens is 216 g/mol. The van der Waals surface area contributed by atoms with E-state index in [9.17, 15) is 0 Å². The summed E-state index contributed by atoms with van der Waals surface area (Å²) in [6.07, 6.45) is 4.25. The average Bonchev–Trinajstić information content (AvgIpc) is 3.02. The van der Waals surface area contributed by atoms with Gasteiger partial charge in [0.05, 0.1) is 12.6 Å². The van der Waals surface area contributed by atoms with Gasteiger partial charge >= 0.3 is 0 Å². The van der Waals surface area contributed by atoms with Crippen LogP contribution in [0.1, 0.15) is 18.0 Å². The van der Waals surface area contributed by atoms with Crippen LogP contribution in [0.2, 0.25) is 0 Å². The third-order valence-electron chi connectivity index (χ3n) is 2.93. The molecule has 1 aromatic carbocycles. The highest BCUT2D eigenvalue weighted by Crippen LogP contribution is 2.30. The summed E-state index contributed by atoms with van der Waals surface area (Å²) < 4.78 is 1.77. The number of benzene rings is 1. The van der Waals surface area contributed by atoms with Gasteiger partial charge in [-0.1, -0.05) is 30.3 Å². The molecule has 2 heterocycles. The van der Waals surface area contributed by atoms with Gasteiger partial charge < -0.3 is 0 Å². The summed E-state index contributed by atoms with van der Waals surface area (Å²) >= 11 is 0. The van der Waals surface area contributed by atoms with E-state index in [2.05, 4.69) is 34.3 Å². The van der Waals surface area contributed by atoms with E-state index in [1.54, 1.807) is 11.0 Å². The van der Waals surface area contributed by atoms with Gasteiger partial charge in [-0.3, -0.25) is 4.84 Å². The minimum Gasteiger partial charge on any atom is -0.297 e. The van der Waals surface area contributed by atoms with E-state index in [1.165, 1.54) is 11.9 Å². The number of hydrogen-bond acceptors (Lipinski definition) is 4. The predicted molar refractivity (Wildman–Crippen MR) is 61.6 cm³/mol. The molecule has 0 radical (unpaired) electrons. The lowest BCUT2D eigenvalue weighted by Gasteiger charge is -2.22. The SMILES string of the molecule is c1ccc(C2CCON2Cn2cncn2)cc1. The van der Waals surface area contributed by atoms with Gasteiger partial charge in [0.25, 0.3) is 0 Å². The molecule has 2 aromatic rings. The lowest BCUT2D eigenvalue weighted by atomic mass is 10.1. The highest BCUT2D eigenvalue weighted by atomic mass is 16.7. The monoisotopic (exact) mass is 230 g/mol. The number of rotatable bonds is 3. The Morgan fingerprint density at radius 3 is 2.94 bits per heavy atom. The second kappa shape index (κ2) is 4.65. The maximum atomic E-state index is 5.64. The molecule has 1 aromatic heterocycles.